The van der Waals surface area contributed by atoms with Crippen LogP contribution < -0.4 is 0 Å². The van der Waals surface area contributed by atoms with Gasteiger partial charge in [0.2, 0.25) is 0 Å². The molecule has 8 atom stereocenters. The van der Waals surface area contributed by atoms with E-state index in [9.17, 15) is 14.4 Å². The third-order valence-electron chi connectivity index (χ3n) is 9.47. The van der Waals surface area contributed by atoms with Crippen LogP contribution in [0.3, 0.4) is 0 Å². The highest BCUT2D eigenvalue weighted by Gasteiger charge is 2.83. The van der Waals surface area contributed by atoms with Crippen LogP contribution in [-0.4, -0.2) is 73.3 Å². The number of epoxide rings is 2. The molecule has 9 heteroatoms. The molecule has 1 saturated carbocycles. The molecule has 4 heterocycles. The van der Waals surface area contributed by atoms with Crippen molar-refractivity contribution >= 4 is 17.9 Å². The lowest BCUT2D eigenvalue weighted by Gasteiger charge is -2.58. The normalized spacial score (nSPS) is 49.8. The van der Waals surface area contributed by atoms with E-state index in [0.29, 0.717) is 25.9 Å². The van der Waals surface area contributed by atoms with Crippen molar-refractivity contribution in [1.82, 2.24) is 0 Å². The maximum absolute atomic E-state index is 13.1. The molecule has 194 valence electrons. The first kappa shape index (κ1) is 23.9. The van der Waals surface area contributed by atoms with Crippen LogP contribution in [0.25, 0.3) is 0 Å². The maximum atomic E-state index is 13.1. The summed E-state index contributed by atoms with van der Waals surface area (Å²) in [5.41, 5.74) is -1.36. The molecule has 2 bridgehead atoms. The molecule has 0 radical (unpaired) electrons. The van der Waals surface area contributed by atoms with Gasteiger partial charge in [-0.3, -0.25) is 0 Å². The molecule has 4 fully saturated rings. The molecule has 1 unspecified atom stereocenters. The Labute approximate surface area is 209 Å². The Balaban J connectivity index is 1.37. The molecule has 6 rings (SSSR count). The molecule has 0 amide bonds. The molecule has 4 aliphatic heterocycles. The topological polar surface area (TPSA) is 113 Å². The first-order chi connectivity index (χ1) is 17.1. The summed E-state index contributed by atoms with van der Waals surface area (Å²) in [6.45, 7) is 6.71. The summed E-state index contributed by atoms with van der Waals surface area (Å²) < 4.78 is 35.6. The fourth-order valence-electron chi connectivity index (χ4n) is 6.98. The van der Waals surface area contributed by atoms with Crippen molar-refractivity contribution in [3.05, 3.63) is 36.0 Å². The van der Waals surface area contributed by atoms with E-state index in [2.05, 4.69) is 19.9 Å². The highest BCUT2D eigenvalue weighted by molar-refractivity contribution is 5.84. The van der Waals surface area contributed by atoms with Crippen molar-refractivity contribution in [2.75, 3.05) is 19.8 Å². The molecule has 9 nitrogen and oxygen atoms in total. The molecule has 3 saturated heterocycles. The first-order valence-corrected chi connectivity index (χ1v) is 12.7. The zero-order valence-corrected chi connectivity index (χ0v) is 20.8. The van der Waals surface area contributed by atoms with Crippen molar-refractivity contribution in [2.24, 2.45) is 10.8 Å². The highest BCUT2D eigenvalue weighted by atomic mass is 16.7. The molecule has 0 aromatic carbocycles. The SMILES string of the molecule is CC1=C[C@H]2O[C@@H]3C[C@H]4OC(=O)/C=C/C=C\C(=O)OCC[C@@]5(C)O[C@@H]5C(=O)OC[C@@]2(CC1)[C@]4(C)C31CO1. The van der Waals surface area contributed by atoms with Crippen LogP contribution in [0.4, 0.5) is 0 Å². The Morgan fingerprint density at radius 1 is 0.944 bits per heavy atom. The Morgan fingerprint density at radius 3 is 2.44 bits per heavy atom. The van der Waals surface area contributed by atoms with Crippen LogP contribution in [-0.2, 0) is 42.8 Å². The largest absolute Gasteiger partial charge is 0.463 e. The van der Waals surface area contributed by atoms with E-state index < -0.39 is 52.1 Å². The van der Waals surface area contributed by atoms with Gasteiger partial charge in [0.25, 0.3) is 0 Å². The summed E-state index contributed by atoms with van der Waals surface area (Å²) in [4.78, 5) is 37.8. The predicted molar refractivity (Wildman–Crippen MR) is 123 cm³/mol. The van der Waals surface area contributed by atoms with Gasteiger partial charge in [0.1, 0.15) is 23.9 Å². The Morgan fingerprint density at radius 2 is 1.69 bits per heavy atom. The van der Waals surface area contributed by atoms with Crippen LogP contribution in [0, 0.1) is 10.8 Å². The van der Waals surface area contributed by atoms with Gasteiger partial charge in [0, 0.05) is 30.4 Å². The maximum Gasteiger partial charge on any atom is 0.338 e. The fourth-order valence-corrected chi connectivity index (χ4v) is 6.98. The quantitative estimate of drug-likeness (QED) is 0.214. The minimum absolute atomic E-state index is 0.0974. The van der Waals surface area contributed by atoms with Crippen LogP contribution in [0.15, 0.2) is 36.0 Å². The van der Waals surface area contributed by atoms with E-state index in [1.54, 1.807) is 0 Å². The third-order valence-corrected chi connectivity index (χ3v) is 9.47. The molecule has 36 heavy (non-hydrogen) atoms. The van der Waals surface area contributed by atoms with Gasteiger partial charge in [0.15, 0.2) is 6.10 Å². The van der Waals surface area contributed by atoms with Gasteiger partial charge < -0.3 is 28.4 Å². The number of esters is 3. The number of hydrogen-bond acceptors (Lipinski definition) is 9. The van der Waals surface area contributed by atoms with Crippen molar-refractivity contribution in [2.45, 2.75) is 82.1 Å². The van der Waals surface area contributed by atoms with Gasteiger partial charge in [-0.2, -0.15) is 0 Å². The van der Waals surface area contributed by atoms with Crippen molar-refractivity contribution in [3.63, 3.8) is 0 Å². The summed E-state index contributed by atoms with van der Waals surface area (Å²) in [5, 5.41) is 0. The zero-order valence-electron chi connectivity index (χ0n) is 20.8. The summed E-state index contributed by atoms with van der Waals surface area (Å²) in [6, 6.07) is 0. The molecule has 0 aromatic heterocycles. The van der Waals surface area contributed by atoms with E-state index in [1.807, 2.05) is 6.92 Å². The lowest BCUT2D eigenvalue weighted by molar-refractivity contribution is -0.233. The highest BCUT2D eigenvalue weighted by Crippen LogP contribution is 2.72. The zero-order chi connectivity index (χ0) is 25.3. The Kier molecular flexibility index (Phi) is 5.31. The van der Waals surface area contributed by atoms with Crippen LogP contribution in [0.5, 0.6) is 0 Å². The molecule has 6 aliphatic rings. The lowest BCUT2D eigenvalue weighted by atomic mass is 9.51. The van der Waals surface area contributed by atoms with E-state index in [4.69, 9.17) is 28.4 Å². The summed E-state index contributed by atoms with van der Waals surface area (Å²) in [6.07, 6.45) is 8.23. The standard InChI is InChI=1S/C27H32O9/c1-16-8-9-26-14-32-23(30)22-24(2,36-22)10-11-31-20(28)6-4-5-7-21(29)35-17-13-19(34-18(26)12-16)27(15-33-27)25(17,26)3/h4-7,12,17-19,22H,8-11,13-15H2,1-3H3/b6-4-,7-5+/t17-,18-,19-,22-,24-,25-,26-,27?/m1/s1. The third kappa shape index (κ3) is 3.35. The second-order valence-corrected chi connectivity index (χ2v) is 11.3. The number of carbonyl (C=O) groups excluding carboxylic acids is 3. The van der Waals surface area contributed by atoms with E-state index in [-0.39, 0.29) is 25.4 Å². The van der Waals surface area contributed by atoms with Crippen LogP contribution in [0.2, 0.25) is 0 Å². The summed E-state index contributed by atoms with van der Waals surface area (Å²) >= 11 is 0. The van der Waals surface area contributed by atoms with Crippen molar-refractivity contribution < 1.29 is 42.8 Å². The molecular weight excluding hydrogens is 468 g/mol. The van der Waals surface area contributed by atoms with Gasteiger partial charge in [-0.1, -0.05) is 30.7 Å². The number of rotatable bonds is 0. The van der Waals surface area contributed by atoms with Gasteiger partial charge in [0.05, 0.1) is 30.8 Å². The number of cyclic esters (lactones) is 2. The molecule has 2 spiro atoms. The van der Waals surface area contributed by atoms with Gasteiger partial charge >= 0.3 is 17.9 Å². The predicted octanol–water partition coefficient (Wildman–Crippen LogP) is 2.33. The number of allylic oxidation sites excluding steroid dienone is 3. The van der Waals surface area contributed by atoms with Gasteiger partial charge in [-0.05, 0) is 26.7 Å². The molecule has 0 N–H and O–H groups in total. The number of ether oxygens (including phenoxy) is 6. The molecular formula is C27H32O9. The minimum atomic E-state index is -0.739. The number of carbonyl (C=O) groups is 3. The lowest BCUT2D eigenvalue weighted by Crippen LogP contribution is -2.66. The monoisotopic (exact) mass is 500 g/mol. The van der Waals surface area contributed by atoms with Crippen LogP contribution in [0.1, 0.15) is 46.5 Å². The van der Waals surface area contributed by atoms with E-state index in [1.165, 1.54) is 29.9 Å². The smallest absolute Gasteiger partial charge is 0.338 e. The number of fused-ring (bicyclic) bond motifs is 1. The molecule has 0 aromatic rings. The second-order valence-electron chi connectivity index (χ2n) is 11.3. The Hall–Kier alpha value is -2.49. The van der Waals surface area contributed by atoms with E-state index in [0.717, 1.165) is 6.42 Å². The van der Waals surface area contributed by atoms with Gasteiger partial charge in [-0.25, -0.2) is 14.4 Å². The average Bonchev–Trinajstić information content (AvgIpc) is 3.74. The first-order valence-electron chi connectivity index (χ1n) is 12.7. The van der Waals surface area contributed by atoms with Crippen LogP contribution >= 0.6 is 0 Å². The number of hydrogen-bond donors (Lipinski definition) is 0. The Bertz CT molecular complexity index is 1090. The minimum Gasteiger partial charge on any atom is -0.463 e. The fraction of sp³-hybridized carbons (Fsp3) is 0.667. The van der Waals surface area contributed by atoms with Gasteiger partial charge in [-0.15, -0.1) is 0 Å². The van der Waals surface area contributed by atoms with E-state index >= 15 is 0 Å². The average molecular weight is 501 g/mol. The summed E-state index contributed by atoms with van der Waals surface area (Å²) in [7, 11) is 0. The van der Waals surface area contributed by atoms with Crippen molar-refractivity contribution in [1.29, 1.82) is 0 Å². The second kappa shape index (κ2) is 8.00. The molecule has 2 aliphatic carbocycles. The summed E-state index contributed by atoms with van der Waals surface area (Å²) in [5.74, 6) is -1.51. The van der Waals surface area contributed by atoms with Crippen molar-refractivity contribution in [3.8, 4) is 0 Å².